The monoisotopic (exact) mass is 460 g/mol. The zero-order valence-corrected chi connectivity index (χ0v) is 19.6. The van der Waals surface area contributed by atoms with Gasteiger partial charge in [-0.05, 0) is 63.8 Å². The molecule has 0 aromatic heterocycles. The fourth-order valence-electron chi connectivity index (χ4n) is 3.22. The van der Waals surface area contributed by atoms with Gasteiger partial charge in [0.1, 0.15) is 17.2 Å². The second-order valence-electron chi connectivity index (χ2n) is 8.80. The Morgan fingerprint density at radius 3 is 2.55 bits per heavy atom. The van der Waals surface area contributed by atoms with E-state index < -0.39 is 29.6 Å². The van der Waals surface area contributed by atoms with Gasteiger partial charge in [-0.15, -0.1) is 0 Å². The normalized spacial score (nSPS) is 12.0. The molecule has 8 heteroatoms. The Bertz CT molecular complexity index is 943. The largest absolute Gasteiger partial charge is 0.493 e. The average Bonchev–Trinajstić information content (AvgIpc) is 2.71. The van der Waals surface area contributed by atoms with E-state index >= 15 is 0 Å². The molecule has 33 heavy (non-hydrogen) atoms. The van der Waals surface area contributed by atoms with E-state index in [4.69, 9.17) is 14.6 Å². The molecule has 2 rings (SSSR count). The Balaban J connectivity index is 1.89. The Morgan fingerprint density at radius 1 is 1.12 bits per heavy atom. The molecule has 0 spiro atoms. The molecule has 0 heterocycles. The van der Waals surface area contributed by atoms with E-state index in [2.05, 4.69) is 10.6 Å². The van der Waals surface area contributed by atoms with Gasteiger partial charge < -0.3 is 25.2 Å². The summed E-state index contributed by atoms with van der Waals surface area (Å²) in [6.07, 6.45) is 0.386. The minimum Gasteiger partial charge on any atom is -0.493 e. The van der Waals surface area contributed by atoms with E-state index in [-0.39, 0.29) is 0 Å². The van der Waals surface area contributed by atoms with E-state index in [0.29, 0.717) is 25.1 Å². The summed E-state index contributed by atoms with van der Waals surface area (Å²) in [7, 11) is 0. The van der Waals surface area contributed by atoms with Gasteiger partial charge in [0.2, 0.25) is 0 Å². The number of ether oxygens (including phenoxy) is 2. The van der Waals surface area contributed by atoms with E-state index in [9.17, 15) is 14.0 Å². The second-order valence-corrected chi connectivity index (χ2v) is 8.80. The number of halogens is 1. The summed E-state index contributed by atoms with van der Waals surface area (Å²) in [5.74, 6) is 0.282. The Labute approximate surface area is 194 Å². The first-order valence-corrected chi connectivity index (χ1v) is 11.0. The minimum atomic E-state index is -1.20. The molecule has 1 atom stereocenters. The van der Waals surface area contributed by atoms with Crippen LogP contribution in [0.15, 0.2) is 42.5 Å². The molecule has 2 aromatic rings. The van der Waals surface area contributed by atoms with Crippen molar-refractivity contribution in [2.24, 2.45) is 0 Å². The van der Waals surface area contributed by atoms with E-state index in [0.717, 1.165) is 29.7 Å². The van der Waals surface area contributed by atoms with Gasteiger partial charge in [-0.3, -0.25) is 0 Å². The van der Waals surface area contributed by atoms with E-state index in [1.165, 1.54) is 6.07 Å². The third-order valence-corrected chi connectivity index (χ3v) is 4.73. The molecule has 2 amide bonds. The Kier molecular flexibility index (Phi) is 9.51. The molecular formula is C25H33FN2O5. The number of nitrogens with one attached hydrogen (secondary N) is 2. The number of alkyl carbamates (subject to hydrolysis) is 1. The van der Waals surface area contributed by atoms with Gasteiger partial charge in [0.25, 0.3) is 0 Å². The smallest absolute Gasteiger partial charge is 0.407 e. The van der Waals surface area contributed by atoms with Crippen LogP contribution in [0.5, 0.6) is 5.75 Å². The summed E-state index contributed by atoms with van der Waals surface area (Å²) < 4.78 is 25.3. The number of hydrogen-bond donors (Lipinski definition) is 3. The van der Waals surface area contributed by atoms with Crippen LogP contribution in [0.25, 0.3) is 0 Å². The molecule has 0 saturated carbocycles. The fourth-order valence-corrected chi connectivity index (χ4v) is 3.22. The van der Waals surface area contributed by atoms with Crippen molar-refractivity contribution >= 4 is 12.2 Å². The van der Waals surface area contributed by atoms with Crippen molar-refractivity contribution in [3.8, 4) is 5.75 Å². The molecule has 0 radical (unpaired) electrons. The third kappa shape index (κ3) is 9.39. The maximum Gasteiger partial charge on any atom is 0.407 e. The molecule has 0 aliphatic rings. The third-order valence-electron chi connectivity index (χ3n) is 4.73. The van der Waals surface area contributed by atoms with Crippen LogP contribution in [-0.2, 0) is 11.2 Å². The van der Waals surface area contributed by atoms with Crippen LogP contribution < -0.4 is 15.4 Å². The van der Waals surface area contributed by atoms with Crippen LogP contribution in [0.2, 0.25) is 0 Å². The van der Waals surface area contributed by atoms with Crippen LogP contribution >= 0.6 is 0 Å². The molecule has 0 fully saturated rings. The highest BCUT2D eigenvalue weighted by Gasteiger charge is 2.16. The van der Waals surface area contributed by atoms with Gasteiger partial charge in [0.15, 0.2) is 0 Å². The number of carboxylic acid groups (broad SMARTS) is 1. The lowest BCUT2D eigenvalue weighted by Gasteiger charge is -2.19. The summed E-state index contributed by atoms with van der Waals surface area (Å²) in [4.78, 5) is 22.5. The van der Waals surface area contributed by atoms with Crippen molar-refractivity contribution in [2.75, 3.05) is 13.2 Å². The number of amides is 2. The standard InChI is InChI=1S/C25H33FN2O5/c1-17(28-23(29)30)20-16-18(11-12-21(20)26)15-19-9-5-6-10-22(19)32-14-8-7-13-27-24(31)33-25(2,3)4/h5-6,9-12,16-17,28H,7-8,13-15H2,1-4H3,(H,27,31)(H,29,30). The van der Waals surface area contributed by atoms with Gasteiger partial charge in [-0.2, -0.15) is 0 Å². The first kappa shape index (κ1) is 26.0. The van der Waals surface area contributed by atoms with Crippen molar-refractivity contribution in [2.45, 2.75) is 58.6 Å². The molecule has 2 aromatic carbocycles. The number of benzene rings is 2. The average molecular weight is 461 g/mol. The summed E-state index contributed by atoms with van der Waals surface area (Å²) >= 11 is 0. The first-order chi connectivity index (χ1) is 15.5. The van der Waals surface area contributed by atoms with Gasteiger partial charge in [-0.1, -0.05) is 30.3 Å². The molecule has 0 aliphatic heterocycles. The molecule has 7 nitrogen and oxygen atoms in total. The topological polar surface area (TPSA) is 96.9 Å². The highest BCUT2D eigenvalue weighted by Crippen LogP contribution is 2.25. The fraction of sp³-hybridized carbons (Fsp3) is 0.440. The SMILES string of the molecule is CC(NC(=O)O)c1cc(Cc2ccccc2OCCCCNC(=O)OC(C)(C)C)ccc1F. The lowest BCUT2D eigenvalue weighted by Crippen LogP contribution is -2.33. The molecule has 3 N–H and O–H groups in total. The molecule has 0 bridgehead atoms. The van der Waals surface area contributed by atoms with Crippen molar-refractivity contribution in [1.82, 2.24) is 10.6 Å². The Morgan fingerprint density at radius 2 is 1.85 bits per heavy atom. The van der Waals surface area contributed by atoms with Crippen molar-refractivity contribution in [1.29, 1.82) is 0 Å². The van der Waals surface area contributed by atoms with Gasteiger partial charge in [0, 0.05) is 18.5 Å². The molecule has 0 saturated heterocycles. The summed E-state index contributed by atoms with van der Waals surface area (Å²) in [6.45, 7) is 8.04. The predicted octanol–water partition coefficient (Wildman–Crippen LogP) is 5.43. The van der Waals surface area contributed by atoms with Crippen LogP contribution in [0.1, 0.15) is 63.3 Å². The predicted molar refractivity (Wildman–Crippen MR) is 124 cm³/mol. The number of carbonyl (C=O) groups is 2. The maximum absolute atomic E-state index is 14.2. The van der Waals surface area contributed by atoms with Gasteiger partial charge >= 0.3 is 12.2 Å². The molecular weight excluding hydrogens is 427 g/mol. The zero-order valence-electron chi connectivity index (χ0n) is 19.6. The van der Waals surface area contributed by atoms with E-state index in [1.54, 1.807) is 19.1 Å². The van der Waals surface area contributed by atoms with Gasteiger partial charge in [-0.25, -0.2) is 14.0 Å². The first-order valence-electron chi connectivity index (χ1n) is 11.0. The van der Waals surface area contributed by atoms with Crippen LogP contribution in [0, 0.1) is 5.82 Å². The number of carbonyl (C=O) groups excluding carboxylic acids is 1. The van der Waals surface area contributed by atoms with Crippen LogP contribution in [0.3, 0.4) is 0 Å². The number of rotatable bonds is 10. The second kappa shape index (κ2) is 12.1. The number of unbranched alkanes of at least 4 members (excludes halogenated alkanes) is 1. The molecule has 180 valence electrons. The van der Waals surface area contributed by atoms with Crippen molar-refractivity contribution in [3.63, 3.8) is 0 Å². The molecule has 1 unspecified atom stereocenters. The molecule has 0 aliphatic carbocycles. The lowest BCUT2D eigenvalue weighted by atomic mass is 9.99. The van der Waals surface area contributed by atoms with Crippen molar-refractivity contribution < 1.29 is 28.6 Å². The summed E-state index contributed by atoms with van der Waals surface area (Å²) in [6, 6.07) is 11.7. The lowest BCUT2D eigenvalue weighted by molar-refractivity contribution is 0.0526. The zero-order chi connectivity index (χ0) is 24.4. The van der Waals surface area contributed by atoms with Crippen LogP contribution in [-0.4, -0.2) is 36.0 Å². The highest BCUT2D eigenvalue weighted by atomic mass is 19.1. The van der Waals surface area contributed by atoms with E-state index in [1.807, 2.05) is 45.0 Å². The van der Waals surface area contributed by atoms with Crippen molar-refractivity contribution in [3.05, 3.63) is 65.0 Å². The number of hydrogen-bond acceptors (Lipinski definition) is 4. The summed E-state index contributed by atoms with van der Waals surface area (Å²) in [5.41, 5.74) is 1.57. The minimum absolute atomic E-state index is 0.297. The quantitative estimate of drug-likeness (QED) is 0.411. The summed E-state index contributed by atoms with van der Waals surface area (Å²) in [5, 5.41) is 13.9. The van der Waals surface area contributed by atoms with Gasteiger partial charge in [0.05, 0.1) is 12.6 Å². The number of para-hydroxylation sites is 1. The van der Waals surface area contributed by atoms with Crippen LogP contribution in [0.4, 0.5) is 14.0 Å². The Hall–Kier alpha value is -3.29. The highest BCUT2D eigenvalue weighted by molar-refractivity contribution is 5.67. The maximum atomic E-state index is 14.2.